The van der Waals surface area contributed by atoms with Crippen LogP contribution in [0.3, 0.4) is 0 Å². The summed E-state index contributed by atoms with van der Waals surface area (Å²) in [5, 5.41) is 10.9. The number of aromatic nitrogens is 2. The van der Waals surface area contributed by atoms with E-state index in [2.05, 4.69) is 20.4 Å². The lowest BCUT2D eigenvalue weighted by molar-refractivity contribution is 0.0526. The molecule has 2 heterocycles. The van der Waals surface area contributed by atoms with Crippen molar-refractivity contribution in [2.24, 2.45) is 0 Å². The van der Waals surface area contributed by atoms with Gasteiger partial charge >= 0.3 is 5.97 Å². The zero-order valence-corrected chi connectivity index (χ0v) is 14.1. The molecule has 2 aromatic rings. The van der Waals surface area contributed by atoms with E-state index in [0.717, 1.165) is 31.7 Å². The van der Waals surface area contributed by atoms with Gasteiger partial charge in [-0.2, -0.15) is 0 Å². The first kappa shape index (κ1) is 16.9. The van der Waals surface area contributed by atoms with Crippen molar-refractivity contribution in [1.82, 2.24) is 10.2 Å². The average molecular weight is 340 g/mol. The maximum absolute atomic E-state index is 12.2. The highest BCUT2D eigenvalue weighted by Crippen LogP contribution is 2.17. The van der Waals surface area contributed by atoms with Crippen LogP contribution in [-0.2, 0) is 4.74 Å². The third-order valence-corrected chi connectivity index (χ3v) is 3.97. The molecule has 1 aromatic carbocycles. The molecule has 1 amide bonds. The molecule has 0 saturated carbocycles. The third-order valence-electron chi connectivity index (χ3n) is 3.97. The van der Waals surface area contributed by atoms with E-state index in [1.54, 1.807) is 37.3 Å². The lowest BCUT2D eigenvalue weighted by Gasteiger charge is -2.15. The Kier molecular flexibility index (Phi) is 5.23. The standard InChI is InChI=1S/C18H20N4O3/c1-2-25-18(24)13-5-7-14(8-6-13)19-17(23)15-9-10-16(21-20-15)22-11-3-4-12-22/h5-10H,2-4,11-12H2,1H3,(H,19,23). The minimum atomic E-state index is -0.385. The zero-order valence-electron chi connectivity index (χ0n) is 14.1. The van der Waals surface area contributed by atoms with Crippen LogP contribution in [0.15, 0.2) is 36.4 Å². The Labute approximate surface area is 146 Å². The minimum absolute atomic E-state index is 0.248. The first-order chi connectivity index (χ1) is 12.2. The number of benzene rings is 1. The van der Waals surface area contributed by atoms with Crippen molar-refractivity contribution in [3.05, 3.63) is 47.7 Å². The second kappa shape index (κ2) is 7.74. The number of esters is 1. The number of hydrogen-bond donors (Lipinski definition) is 1. The minimum Gasteiger partial charge on any atom is -0.462 e. The average Bonchev–Trinajstić information content (AvgIpc) is 3.17. The number of nitrogens with zero attached hydrogens (tertiary/aromatic N) is 3. The van der Waals surface area contributed by atoms with Crippen LogP contribution in [0, 0.1) is 0 Å². The summed E-state index contributed by atoms with van der Waals surface area (Å²) in [7, 11) is 0. The molecule has 3 rings (SSSR count). The molecule has 0 atom stereocenters. The summed E-state index contributed by atoms with van der Waals surface area (Å²) in [5.74, 6) is 0.0703. The maximum Gasteiger partial charge on any atom is 0.338 e. The Balaban J connectivity index is 1.62. The van der Waals surface area contributed by atoms with Crippen LogP contribution >= 0.6 is 0 Å². The van der Waals surface area contributed by atoms with Crippen LogP contribution in [-0.4, -0.2) is 41.8 Å². The van der Waals surface area contributed by atoms with E-state index in [4.69, 9.17) is 4.74 Å². The van der Waals surface area contributed by atoms with E-state index in [1.165, 1.54) is 0 Å². The van der Waals surface area contributed by atoms with Crippen molar-refractivity contribution < 1.29 is 14.3 Å². The Morgan fingerprint density at radius 1 is 1.08 bits per heavy atom. The Bertz CT molecular complexity index is 738. The van der Waals surface area contributed by atoms with Gasteiger partial charge in [-0.15, -0.1) is 10.2 Å². The number of carbonyl (C=O) groups is 2. The largest absolute Gasteiger partial charge is 0.462 e. The van der Waals surface area contributed by atoms with Crippen LogP contribution in [0.1, 0.15) is 40.6 Å². The molecule has 0 unspecified atom stereocenters. The highest BCUT2D eigenvalue weighted by Gasteiger charge is 2.15. The normalized spacial score (nSPS) is 13.6. The van der Waals surface area contributed by atoms with E-state index < -0.39 is 0 Å². The molecular formula is C18H20N4O3. The van der Waals surface area contributed by atoms with Crippen LogP contribution in [0.4, 0.5) is 11.5 Å². The van der Waals surface area contributed by atoms with Gasteiger partial charge in [0.1, 0.15) is 0 Å². The number of rotatable bonds is 5. The molecule has 1 saturated heterocycles. The van der Waals surface area contributed by atoms with Crippen LogP contribution in [0.25, 0.3) is 0 Å². The van der Waals surface area contributed by atoms with Gasteiger partial charge in [0.25, 0.3) is 5.91 Å². The predicted molar refractivity (Wildman–Crippen MR) is 93.8 cm³/mol. The topological polar surface area (TPSA) is 84.4 Å². The summed E-state index contributed by atoms with van der Waals surface area (Å²) in [6.45, 7) is 4.03. The van der Waals surface area contributed by atoms with Crippen molar-refractivity contribution in [3.63, 3.8) is 0 Å². The summed E-state index contributed by atoms with van der Waals surface area (Å²) in [4.78, 5) is 26.0. The molecule has 1 N–H and O–H groups in total. The summed E-state index contributed by atoms with van der Waals surface area (Å²) >= 11 is 0. The van der Waals surface area contributed by atoms with Gasteiger partial charge in [0.15, 0.2) is 11.5 Å². The fourth-order valence-corrected chi connectivity index (χ4v) is 2.66. The van der Waals surface area contributed by atoms with Gasteiger partial charge in [-0.1, -0.05) is 0 Å². The van der Waals surface area contributed by atoms with Crippen molar-refractivity contribution in [2.45, 2.75) is 19.8 Å². The van der Waals surface area contributed by atoms with Crippen molar-refractivity contribution in [1.29, 1.82) is 0 Å². The van der Waals surface area contributed by atoms with Crippen LogP contribution < -0.4 is 10.2 Å². The van der Waals surface area contributed by atoms with E-state index in [1.807, 2.05) is 6.07 Å². The Morgan fingerprint density at radius 2 is 1.80 bits per heavy atom. The molecule has 1 aromatic heterocycles. The van der Waals surface area contributed by atoms with Crippen LogP contribution in [0.5, 0.6) is 0 Å². The molecule has 0 bridgehead atoms. The smallest absolute Gasteiger partial charge is 0.338 e. The number of anilines is 2. The molecule has 0 spiro atoms. The van der Waals surface area contributed by atoms with E-state index in [0.29, 0.717) is 17.9 Å². The molecular weight excluding hydrogens is 320 g/mol. The predicted octanol–water partition coefficient (Wildman–Crippen LogP) is 2.51. The van der Waals surface area contributed by atoms with Gasteiger partial charge in [0.05, 0.1) is 12.2 Å². The lowest BCUT2D eigenvalue weighted by Crippen LogP contribution is -2.21. The first-order valence-corrected chi connectivity index (χ1v) is 8.34. The molecule has 0 aliphatic carbocycles. The molecule has 7 heteroatoms. The molecule has 0 radical (unpaired) electrons. The van der Waals surface area contributed by atoms with Crippen LogP contribution in [0.2, 0.25) is 0 Å². The van der Waals surface area contributed by atoms with Crippen molar-refractivity contribution in [2.75, 3.05) is 29.9 Å². The van der Waals surface area contributed by atoms with Gasteiger partial charge in [-0.05, 0) is 56.2 Å². The second-order valence-electron chi connectivity index (χ2n) is 5.72. The maximum atomic E-state index is 12.2. The zero-order chi connectivity index (χ0) is 17.6. The van der Waals surface area contributed by atoms with Crippen molar-refractivity contribution in [3.8, 4) is 0 Å². The van der Waals surface area contributed by atoms with E-state index >= 15 is 0 Å². The van der Waals surface area contributed by atoms with Gasteiger partial charge < -0.3 is 15.0 Å². The molecule has 1 fully saturated rings. The second-order valence-corrected chi connectivity index (χ2v) is 5.72. The Hall–Kier alpha value is -2.96. The van der Waals surface area contributed by atoms with Crippen molar-refractivity contribution >= 4 is 23.4 Å². The fourth-order valence-electron chi connectivity index (χ4n) is 2.66. The summed E-state index contributed by atoms with van der Waals surface area (Å²) in [6, 6.07) is 10.00. The number of carbonyl (C=O) groups excluding carboxylic acids is 2. The SMILES string of the molecule is CCOC(=O)c1ccc(NC(=O)c2ccc(N3CCCC3)nn2)cc1. The molecule has 1 aliphatic heterocycles. The van der Waals surface area contributed by atoms with E-state index in [9.17, 15) is 9.59 Å². The van der Waals surface area contributed by atoms with Gasteiger partial charge in [0.2, 0.25) is 0 Å². The van der Waals surface area contributed by atoms with Gasteiger partial charge in [-0.3, -0.25) is 4.79 Å². The molecule has 1 aliphatic rings. The van der Waals surface area contributed by atoms with Gasteiger partial charge in [-0.25, -0.2) is 4.79 Å². The fraction of sp³-hybridized carbons (Fsp3) is 0.333. The third kappa shape index (κ3) is 4.12. The molecule has 130 valence electrons. The summed E-state index contributed by atoms with van der Waals surface area (Å²) in [6.07, 6.45) is 2.32. The van der Waals surface area contributed by atoms with E-state index in [-0.39, 0.29) is 17.6 Å². The summed E-state index contributed by atoms with van der Waals surface area (Å²) in [5.41, 5.74) is 1.26. The lowest BCUT2D eigenvalue weighted by atomic mass is 10.2. The number of amides is 1. The Morgan fingerprint density at radius 3 is 2.40 bits per heavy atom. The summed E-state index contributed by atoms with van der Waals surface area (Å²) < 4.78 is 4.92. The number of ether oxygens (including phenoxy) is 1. The quantitative estimate of drug-likeness (QED) is 0.842. The molecule has 25 heavy (non-hydrogen) atoms. The highest BCUT2D eigenvalue weighted by molar-refractivity contribution is 6.03. The highest BCUT2D eigenvalue weighted by atomic mass is 16.5. The number of hydrogen-bond acceptors (Lipinski definition) is 6. The first-order valence-electron chi connectivity index (χ1n) is 8.34. The number of nitrogens with one attached hydrogen (secondary N) is 1. The molecule has 7 nitrogen and oxygen atoms in total. The monoisotopic (exact) mass is 340 g/mol. The van der Waals surface area contributed by atoms with Gasteiger partial charge in [0, 0.05) is 18.8 Å².